The van der Waals surface area contributed by atoms with Crippen molar-refractivity contribution in [2.24, 2.45) is 0 Å². The van der Waals surface area contributed by atoms with Crippen LogP contribution in [0.4, 0.5) is 11.4 Å². The molecular weight excluding hydrogens is 683 g/mol. The smallest absolute Gasteiger partial charge is 0.106 e. The maximum atomic E-state index is 10.8. The van der Waals surface area contributed by atoms with E-state index in [1.54, 1.807) is 0 Å². The zero-order valence-electron chi connectivity index (χ0n) is 31.7. The summed E-state index contributed by atoms with van der Waals surface area (Å²) in [5.74, 6) is 0. The van der Waals surface area contributed by atoms with Gasteiger partial charge in [0.15, 0.2) is 0 Å². The van der Waals surface area contributed by atoms with E-state index in [0.717, 1.165) is 56.1 Å². The Morgan fingerprint density at radius 1 is 0.607 bits per heavy atom. The molecule has 0 aliphatic carbocycles. The second kappa shape index (κ2) is 13.2. The number of rotatable bonds is 5. The third kappa shape index (κ3) is 5.26. The largest absolute Gasteiger partial charge is 0.355 e. The Morgan fingerprint density at radius 2 is 1.27 bits per heavy atom. The van der Waals surface area contributed by atoms with E-state index in [1.165, 1.54) is 27.4 Å². The molecule has 2 aliphatic heterocycles. The highest BCUT2D eigenvalue weighted by molar-refractivity contribution is 6.13. The molecule has 8 aromatic rings. The molecule has 5 heteroatoms. The first kappa shape index (κ1) is 33.7. The maximum absolute atomic E-state index is 10.8. The third-order valence-electron chi connectivity index (χ3n) is 11.9. The first-order chi connectivity index (χ1) is 27.4. The number of para-hydroxylation sites is 2. The van der Waals surface area contributed by atoms with Gasteiger partial charge in [-0.15, -0.1) is 0 Å². The van der Waals surface area contributed by atoms with Crippen molar-refractivity contribution in [3.05, 3.63) is 203 Å². The summed E-state index contributed by atoms with van der Waals surface area (Å²) in [6.07, 6.45) is -0.254. The minimum absolute atomic E-state index is 0.234. The number of anilines is 2. The van der Waals surface area contributed by atoms with Gasteiger partial charge in [0, 0.05) is 40.3 Å². The fourth-order valence-electron chi connectivity index (χ4n) is 9.34. The van der Waals surface area contributed by atoms with E-state index in [4.69, 9.17) is 0 Å². The maximum Gasteiger partial charge on any atom is 0.106 e. The molecule has 2 unspecified atom stereocenters. The molecule has 0 fully saturated rings. The standard InChI is InChI=1S/C51H41N5/c1-51(2)41-24-14-15-25-42(41)53-43-27-28-45-46(47(43)51)39-23-13-16-26-44(39)56(45)38-30-36(33-17-7-4-8-18-33)29-37(31-38)50-54-48(34-19-9-5-10-20-34)40(32-52)49(55(50)3)35-21-11-6-12-22-35/h4-31,48,50,53-54H,1-3H3. The van der Waals surface area contributed by atoms with Crippen LogP contribution in [0.3, 0.4) is 0 Å². The van der Waals surface area contributed by atoms with Crippen molar-refractivity contribution in [2.45, 2.75) is 31.5 Å². The molecule has 2 N–H and O–H groups in total. The van der Waals surface area contributed by atoms with Crippen molar-refractivity contribution in [1.82, 2.24) is 14.8 Å². The first-order valence-electron chi connectivity index (χ1n) is 19.3. The molecule has 0 spiro atoms. The van der Waals surface area contributed by atoms with Gasteiger partial charge in [-0.05, 0) is 81.4 Å². The van der Waals surface area contributed by atoms with E-state index >= 15 is 0 Å². The van der Waals surface area contributed by atoms with E-state index in [-0.39, 0.29) is 17.6 Å². The predicted molar refractivity (Wildman–Crippen MR) is 230 cm³/mol. The summed E-state index contributed by atoms with van der Waals surface area (Å²) in [5.41, 5.74) is 15.2. The zero-order chi connectivity index (χ0) is 38.0. The van der Waals surface area contributed by atoms with Crippen molar-refractivity contribution >= 4 is 38.9 Å². The minimum Gasteiger partial charge on any atom is -0.355 e. The second-order valence-electron chi connectivity index (χ2n) is 15.5. The van der Waals surface area contributed by atoms with Gasteiger partial charge in [0.05, 0.1) is 34.4 Å². The fraction of sp³-hybridized carbons (Fsp3) is 0.118. The quantitative estimate of drug-likeness (QED) is 0.186. The molecule has 10 rings (SSSR count). The molecule has 5 nitrogen and oxygen atoms in total. The Kier molecular flexibility index (Phi) is 7.92. The summed E-state index contributed by atoms with van der Waals surface area (Å²) in [6.45, 7) is 4.71. The van der Waals surface area contributed by atoms with Crippen LogP contribution < -0.4 is 10.6 Å². The molecule has 0 amide bonds. The average molecular weight is 724 g/mol. The van der Waals surface area contributed by atoms with Gasteiger partial charge < -0.3 is 14.8 Å². The van der Waals surface area contributed by atoms with Crippen LogP contribution in [0.15, 0.2) is 175 Å². The number of nitrogens with zero attached hydrogens (tertiary/aromatic N) is 3. The van der Waals surface area contributed by atoms with Crippen LogP contribution in [0.5, 0.6) is 0 Å². The molecule has 0 bridgehead atoms. The second-order valence-corrected chi connectivity index (χ2v) is 15.5. The lowest BCUT2D eigenvalue weighted by molar-refractivity contribution is 0.258. The van der Waals surface area contributed by atoms with Crippen LogP contribution in [0.1, 0.15) is 53.9 Å². The molecule has 56 heavy (non-hydrogen) atoms. The van der Waals surface area contributed by atoms with Gasteiger partial charge >= 0.3 is 0 Å². The molecule has 0 saturated heterocycles. The van der Waals surface area contributed by atoms with Gasteiger partial charge in [0.2, 0.25) is 0 Å². The monoisotopic (exact) mass is 723 g/mol. The van der Waals surface area contributed by atoms with Crippen LogP contribution in [0.2, 0.25) is 0 Å². The fourth-order valence-corrected chi connectivity index (χ4v) is 9.34. The Balaban J connectivity index is 1.22. The summed E-state index contributed by atoms with van der Waals surface area (Å²) < 4.78 is 2.45. The molecule has 2 aliphatic rings. The number of fused-ring (bicyclic) bond motifs is 6. The topological polar surface area (TPSA) is 56.0 Å². The van der Waals surface area contributed by atoms with Gasteiger partial charge in [0.25, 0.3) is 0 Å². The van der Waals surface area contributed by atoms with Gasteiger partial charge in [-0.2, -0.15) is 5.26 Å². The lowest BCUT2D eigenvalue weighted by Crippen LogP contribution is -2.43. The number of hydrogen-bond acceptors (Lipinski definition) is 4. The molecular formula is C51H41N5. The van der Waals surface area contributed by atoms with Gasteiger partial charge in [-0.1, -0.05) is 141 Å². The van der Waals surface area contributed by atoms with Crippen LogP contribution in [0.25, 0.3) is 44.3 Å². The average Bonchev–Trinajstić information content (AvgIpc) is 3.58. The van der Waals surface area contributed by atoms with E-state index in [9.17, 15) is 5.26 Å². The highest BCUT2D eigenvalue weighted by Gasteiger charge is 2.37. The molecule has 7 aromatic carbocycles. The SMILES string of the molecule is CN1C(c2ccccc2)=C(C#N)C(c2ccccc2)NC1c1cc(-c2ccccc2)cc(-n2c3ccccc3c3c4c(ccc32)Nc2ccccc2C4(C)C)c1. The predicted octanol–water partition coefficient (Wildman–Crippen LogP) is 12.0. The Bertz CT molecular complexity index is 2860. The number of aromatic nitrogens is 1. The summed E-state index contributed by atoms with van der Waals surface area (Å²) in [7, 11) is 2.10. The van der Waals surface area contributed by atoms with Crippen LogP contribution in [0, 0.1) is 11.3 Å². The molecule has 2 atom stereocenters. The normalized spacial score (nSPS) is 17.3. The highest BCUT2D eigenvalue weighted by Crippen LogP contribution is 2.51. The summed E-state index contributed by atoms with van der Waals surface area (Å²) in [6, 6.07) is 62.7. The Morgan fingerprint density at radius 3 is 2.02 bits per heavy atom. The van der Waals surface area contributed by atoms with Crippen molar-refractivity contribution in [2.75, 3.05) is 12.4 Å². The van der Waals surface area contributed by atoms with Crippen molar-refractivity contribution in [1.29, 1.82) is 5.26 Å². The van der Waals surface area contributed by atoms with E-state index in [0.29, 0.717) is 5.57 Å². The molecule has 0 radical (unpaired) electrons. The Labute approximate surface area is 327 Å². The highest BCUT2D eigenvalue weighted by atomic mass is 15.3. The third-order valence-corrected chi connectivity index (χ3v) is 11.9. The van der Waals surface area contributed by atoms with Crippen LogP contribution >= 0.6 is 0 Å². The number of nitrogens with one attached hydrogen (secondary N) is 2. The Hall–Kier alpha value is -6.87. The van der Waals surface area contributed by atoms with Crippen molar-refractivity contribution < 1.29 is 0 Å². The summed E-state index contributed by atoms with van der Waals surface area (Å²) >= 11 is 0. The van der Waals surface area contributed by atoms with E-state index in [1.807, 2.05) is 36.4 Å². The van der Waals surface area contributed by atoms with Crippen LogP contribution in [-0.4, -0.2) is 16.5 Å². The molecule has 0 saturated carbocycles. The number of nitriles is 1. The molecule has 3 heterocycles. The first-order valence-corrected chi connectivity index (χ1v) is 19.3. The lowest BCUT2D eigenvalue weighted by Gasteiger charge is -2.42. The van der Waals surface area contributed by atoms with E-state index in [2.05, 4.69) is 181 Å². The number of benzene rings is 7. The summed E-state index contributed by atoms with van der Waals surface area (Å²) in [5, 5.41) is 21.0. The van der Waals surface area contributed by atoms with Gasteiger partial charge in [-0.3, -0.25) is 5.32 Å². The summed E-state index contributed by atoms with van der Waals surface area (Å²) in [4.78, 5) is 2.25. The van der Waals surface area contributed by atoms with Crippen LogP contribution in [-0.2, 0) is 5.41 Å². The minimum atomic E-state index is -0.307. The molecule has 1 aromatic heterocycles. The van der Waals surface area contributed by atoms with E-state index < -0.39 is 0 Å². The lowest BCUT2D eigenvalue weighted by atomic mass is 9.73. The number of hydrogen-bond donors (Lipinski definition) is 2. The zero-order valence-corrected chi connectivity index (χ0v) is 31.7. The van der Waals surface area contributed by atoms with Gasteiger partial charge in [-0.25, -0.2) is 0 Å². The van der Waals surface area contributed by atoms with Crippen molar-refractivity contribution in [3.63, 3.8) is 0 Å². The van der Waals surface area contributed by atoms with Gasteiger partial charge in [0.1, 0.15) is 6.17 Å². The molecule has 270 valence electrons. The van der Waals surface area contributed by atoms with Crippen molar-refractivity contribution in [3.8, 4) is 22.9 Å².